The Labute approximate surface area is 115 Å². The fraction of sp³-hybridized carbons (Fsp3) is 0.286. The highest BCUT2D eigenvalue weighted by atomic mass is 35.5. The van der Waals surface area contributed by atoms with Crippen LogP contribution in [-0.4, -0.2) is 9.97 Å². The lowest BCUT2D eigenvalue weighted by Gasteiger charge is -2.17. The van der Waals surface area contributed by atoms with Crippen molar-refractivity contribution in [1.82, 2.24) is 9.97 Å². The molecule has 0 saturated carbocycles. The van der Waals surface area contributed by atoms with Crippen LogP contribution >= 0.6 is 11.6 Å². The number of nitrogens with zero attached hydrogens (tertiary/aromatic N) is 2. The molecule has 0 unspecified atom stereocenters. The van der Waals surface area contributed by atoms with Gasteiger partial charge >= 0.3 is 0 Å². The predicted octanol–water partition coefficient (Wildman–Crippen LogP) is 3.40. The number of rotatable bonds is 1. The summed E-state index contributed by atoms with van der Waals surface area (Å²) in [5.41, 5.74) is 8.65. The van der Waals surface area contributed by atoms with Crippen LogP contribution in [0.1, 0.15) is 24.1 Å². The molecule has 1 aliphatic carbocycles. The number of aromatic nitrogens is 2. The first-order chi connectivity index (χ1) is 9.15. The van der Waals surface area contributed by atoms with Crippen molar-refractivity contribution in [2.24, 2.45) is 0 Å². The Balaban J connectivity index is 2.13. The van der Waals surface area contributed by atoms with Gasteiger partial charge in [0.25, 0.3) is 0 Å². The molecule has 19 heavy (non-hydrogen) atoms. The molecule has 2 aromatic rings. The van der Waals surface area contributed by atoms with E-state index in [2.05, 4.69) is 9.97 Å². The zero-order valence-electron chi connectivity index (χ0n) is 10.3. The fourth-order valence-corrected chi connectivity index (χ4v) is 2.67. The SMILES string of the molecule is Nc1nc(-c2ccc(F)cc2Cl)nc2c1CCCC2. The number of halogens is 2. The molecule has 1 aromatic carbocycles. The third-order valence-corrected chi connectivity index (χ3v) is 3.70. The first-order valence-electron chi connectivity index (χ1n) is 6.26. The van der Waals surface area contributed by atoms with Gasteiger partial charge in [0, 0.05) is 16.8 Å². The Bertz CT molecular complexity index is 643. The standard InChI is InChI=1S/C14H13ClFN3/c15-11-7-8(16)5-6-9(11)14-18-12-4-2-1-3-10(12)13(17)19-14/h5-7H,1-4H2,(H2,17,18,19). The molecule has 0 saturated heterocycles. The molecule has 2 N–H and O–H groups in total. The van der Waals surface area contributed by atoms with Gasteiger partial charge in [-0.3, -0.25) is 0 Å². The lowest BCUT2D eigenvalue weighted by molar-refractivity contribution is 0.628. The van der Waals surface area contributed by atoms with E-state index < -0.39 is 0 Å². The maximum absolute atomic E-state index is 13.1. The highest BCUT2D eigenvalue weighted by molar-refractivity contribution is 6.33. The second-order valence-electron chi connectivity index (χ2n) is 4.69. The molecule has 0 aliphatic heterocycles. The third kappa shape index (κ3) is 2.28. The summed E-state index contributed by atoms with van der Waals surface area (Å²) in [5, 5.41) is 0.301. The van der Waals surface area contributed by atoms with Crippen LogP contribution in [0.3, 0.4) is 0 Å². The van der Waals surface area contributed by atoms with Crippen molar-refractivity contribution in [2.45, 2.75) is 25.7 Å². The van der Waals surface area contributed by atoms with Gasteiger partial charge in [0.15, 0.2) is 5.82 Å². The van der Waals surface area contributed by atoms with Crippen molar-refractivity contribution in [3.63, 3.8) is 0 Å². The van der Waals surface area contributed by atoms with Gasteiger partial charge in [-0.15, -0.1) is 0 Å². The van der Waals surface area contributed by atoms with Gasteiger partial charge in [0.2, 0.25) is 0 Å². The molecule has 1 aromatic heterocycles. The Morgan fingerprint density at radius 3 is 2.74 bits per heavy atom. The van der Waals surface area contributed by atoms with E-state index >= 15 is 0 Å². The van der Waals surface area contributed by atoms with Crippen molar-refractivity contribution in [3.8, 4) is 11.4 Å². The van der Waals surface area contributed by atoms with Crippen LogP contribution in [0, 0.1) is 5.82 Å². The molecule has 0 spiro atoms. The predicted molar refractivity (Wildman–Crippen MR) is 73.5 cm³/mol. The summed E-state index contributed by atoms with van der Waals surface area (Å²) in [4.78, 5) is 8.84. The molecule has 1 aliphatic rings. The minimum Gasteiger partial charge on any atom is -0.383 e. The van der Waals surface area contributed by atoms with Crippen molar-refractivity contribution in [3.05, 3.63) is 40.3 Å². The first kappa shape index (κ1) is 12.4. The molecule has 0 fully saturated rings. The van der Waals surface area contributed by atoms with Crippen molar-refractivity contribution < 1.29 is 4.39 Å². The van der Waals surface area contributed by atoms with Gasteiger partial charge in [0.05, 0.1) is 5.02 Å². The van der Waals surface area contributed by atoms with Crippen LogP contribution in [0.4, 0.5) is 10.2 Å². The largest absolute Gasteiger partial charge is 0.383 e. The highest BCUT2D eigenvalue weighted by Gasteiger charge is 2.17. The van der Waals surface area contributed by atoms with E-state index in [-0.39, 0.29) is 5.82 Å². The number of benzene rings is 1. The lowest BCUT2D eigenvalue weighted by atomic mass is 9.96. The average molecular weight is 278 g/mol. The maximum Gasteiger partial charge on any atom is 0.163 e. The number of hydrogen-bond donors (Lipinski definition) is 1. The number of nitrogen functional groups attached to an aromatic ring is 1. The Morgan fingerprint density at radius 1 is 1.16 bits per heavy atom. The van der Waals surface area contributed by atoms with E-state index in [0.717, 1.165) is 36.9 Å². The quantitative estimate of drug-likeness (QED) is 0.869. The van der Waals surface area contributed by atoms with Gasteiger partial charge < -0.3 is 5.73 Å². The number of aryl methyl sites for hydroxylation is 1. The second kappa shape index (κ2) is 4.78. The van der Waals surface area contributed by atoms with Crippen LogP contribution in [0.25, 0.3) is 11.4 Å². The Kier molecular flexibility index (Phi) is 3.11. The minimum atomic E-state index is -0.375. The van der Waals surface area contributed by atoms with E-state index in [1.165, 1.54) is 12.1 Å². The van der Waals surface area contributed by atoms with E-state index in [1.54, 1.807) is 6.07 Å². The molecule has 5 heteroatoms. The van der Waals surface area contributed by atoms with E-state index in [4.69, 9.17) is 17.3 Å². The molecule has 1 heterocycles. The van der Waals surface area contributed by atoms with Crippen LogP contribution in [0.5, 0.6) is 0 Å². The van der Waals surface area contributed by atoms with E-state index in [0.29, 0.717) is 22.2 Å². The van der Waals surface area contributed by atoms with Crippen LogP contribution in [0.15, 0.2) is 18.2 Å². The van der Waals surface area contributed by atoms with Crippen molar-refractivity contribution in [1.29, 1.82) is 0 Å². The monoisotopic (exact) mass is 277 g/mol. The summed E-state index contributed by atoms with van der Waals surface area (Å²) in [6.45, 7) is 0. The molecule has 0 atom stereocenters. The first-order valence-corrected chi connectivity index (χ1v) is 6.63. The van der Waals surface area contributed by atoms with E-state index in [1.807, 2.05) is 0 Å². The molecule has 0 amide bonds. The number of hydrogen-bond acceptors (Lipinski definition) is 3. The topological polar surface area (TPSA) is 51.8 Å². The number of nitrogens with two attached hydrogens (primary N) is 1. The zero-order chi connectivity index (χ0) is 13.4. The lowest BCUT2D eigenvalue weighted by Crippen LogP contribution is -2.11. The minimum absolute atomic E-state index is 0.301. The third-order valence-electron chi connectivity index (χ3n) is 3.39. The van der Waals surface area contributed by atoms with Crippen molar-refractivity contribution in [2.75, 3.05) is 5.73 Å². The van der Waals surface area contributed by atoms with Crippen LogP contribution in [-0.2, 0) is 12.8 Å². The van der Waals surface area contributed by atoms with E-state index in [9.17, 15) is 4.39 Å². The summed E-state index contributed by atoms with van der Waals surface area (Å²) in [6, 6.07) is 4.19. The molecule has 0 radical (unpaired) electrons. The smallest absolute Gasteiger partial charge is 0.163 e. The average Bonchev–Trinajstić information content (AvgIpc) is 2.38. The van der Waals surface area contributed by atoms with Crippen molar-refractivity contribution >= 4 is 17.4 Å². The normalized spacial score (nSPS) is 14.2. The molecule has 98 valence electrons. The van der Waals surface area contributed by atoms with Crippen LogP contribution in [0.2, 0.25) is 5.02 Å². The fourth-order valence-electron chi connectivity index (χ4n) is 2.41. The van der Waals surface area contributed by atoms with Gasteiger partial charge in [-0.1, -0.05) is 11.6 Å². The molecular weight excluding hydrogens is 265 g/mol. The molecule has 3 rings (SSSR count). The molecule has 0 bridgehead atoms. The van der Waals surface area contributed by atoms with Gasteiger partial charge in [0.1, 0.15) is 11.6 Å². The van der Waals surface area contributed by atoms with Gasteiger partial charge in [-0.25, -0.2) is 14.4 Å². The summed E-state index contributed by atoms with van der Waals surface area (Å²) in [7, 11) is 0. The van der Waals surface area contributed by atoms with Crippen LogP contribution < -0.4 is 5.73 Å². The summed E-state index contributed by atoms with van der Waals surface area (Å²) >= 11 is 6.04. The summed E-state index contributed by atoms with van der Waals surface area (Å²) in [5.74, 6) is 0.614. The zero-order valence-corrected chi connectivity index (χ0v) is 11.0. The summed E-state index contributed by atoms with van der Waals surface area (Å²) < 4.78 is 13.1. The number of anilines is 1. The van der Waals surface area contributed by atoms with Gasteiger partial charge in [-0.05, 0) is 43.9 Å². The molecule has 3 nitrogen and oxygen atoms in total. The van der Waals surface area contributed by atoms with Gasteiger partial charge in [-0.2, -0.15) is 0 Å². The second-order valence-corrected chi connectivity index (χ2v) is 5.10. The Morgan fingerprint density at radius 2 is 1.95 bits per heavy atom. The summed E-state index contributed by atoms with van der Waals surface area (Å²) in [6.07, 6.45) is 4.07. The number of fused-ring (bicyclic) bond motifs is 1. The maximum atomic E-state index is 13.1. The Hall–Kier alpha value is -1.68. The molecular formula is C14H13ClFN3. The highest BCUT2D eigenvalue weighted by Crippen LogP contribution is 2.30.